The largest absolute Gasteiger partial charge is 0.481 e. The van der Waals surface area contributed by atoms with Crippen LogP contribution in [0.3, 0.4) is 0 Å². The van der Waals surface area contributed by atoms with Gasteiger partial charge in [-0.2, -0.15) is 0 Å². The van der Waals surface area contributed by atoms with Crippen molar-refractivity contribution in [1.29, 1.82) is 0 Å². The van der Waals surface area contributed by atoms with E-state index in [1.54, 1.807) is 18.2 Å². The summed E-state index contributed by atoms with van der Waals surface area (Å²) in [6.07, 6.45) is 0.308. The van der Waals surface area contributed by atoms with Crippen LogP contribution in [0.25, 0.3) is 0 Å². The van der Waals surface area contributed by atoms with E-state index in [1.807, 2.05) is 0 Å². The first-order valence-corrected chi connectivity index (χ1v) is 5.58. The van der Waals surface area contributed by atoms with Gasteiger partial charge in [0.15, 0.2) is 0 Å². The Kier molecular flexibility index (Phi) is 4.76. The molecule has 0 aliphatic carbocycles. The summed E-state index contributed by atoms with van der Waals surface area (Å²) in [6, 6.07) is 4.45. The van der Waals surface area contributed by atoms with Gasteiger partial charge in [0.05, 0.1) is 17.5 Å². The maximum atomic E-state index is 10.6. The van der Waals surface area contributed by atoms with E-state index in [9.17, 15) is 9.59 Å². The standard InChI is InChI=1S/C10H9BrClNO3/c11-7-3-6(1-2-8(7)12)9(13-5-14)4-10(15)16/h1-3,5,9H,4H2,(H,13,14)(H,15,16)/t9-/m1/s1. The molecule has 0 saturated carbocycles. The lowest BCUT2D eigenvalue weighted by molar-refractivity contribution is -0.137. The van der Waals surface area contributed by atoms with Crippen LogP contribution in [-0.4, -0.2) is 17.5 Å². The van der Waals surface area contributed by atoms with E-state index in [2.05, 4.69) is 21.2 Å². The van der Waals surface area contributed by atoms with Crippen molar-refractivity contribution in [1.82, 2.24) is 5.32 Å². The van der Waals surface area contributed by atoms with Gasteiger partial charge in [0, 0.05) is 4.47 Å². The van der Waals surface area contributed by atoms with Gasteiger partial charge >= 0.3 is 5.97 Å². The lowest BCUT2D eigenvalue weighted by Gasteiger charge is -2.14. The van der Waals surface area contributed by atoms with Gasteiger partial charge in [0.1, 0.15) is 0 Å². The Hall–Kier alpha value is -1.07. The number of nitrogens with one attached hydrogen (secondary N) is 1. The minimum atomic E-state index is -0.981. The third kappa shape index (κ3) is 3.50. The van der Waals surface area contributed by atoms with Crippen LogP contribution in [0.5, 0.6) is 0 Å². The molecule has 0 aliphatic heterocycles. The average molecular weight is 307 g/mol. The van der Waals surface area contributed by atoms with E-state index in [0.717, 1.165) is 0 Å². The molecule has 0 heterocycles. The summed E-state index contributed by atoms with van der Waals surface area (Å²) in [5.41, 5.74) is 0.686. The zero-order valence-electron chi connectivity index (χ0n) is 8.11. The summed E-state index contributed by atoms with van der Waals surface area (Å²) < 4.78 is 0.662. The third-order valence-electron chi connectivity index (χ3n) is 1.99. The van der Waals surface area contributed by atoms with Gasteiger partial charge in [0.25, 0.3) is 0 Å². The number of halogens is 2. The number of carbonyl (C=O) groups excluding carboxylic acids is 1. The number of hydrogen-bond acceptors (Lipinski definition) is 2. The molecular weight excluding hydrogens is 297 g/mol. The minimum absolute atomic E-state index is 0.174. The molecule has 0 aliphatic rings. The Morgan fingerprint density at radius 1 is 1.62 bits per heavy atom. The fourth-order valence-electron chi connectivity index (χ4n) is 1.26. The molecule has 0 fully saturated rings. The second-order valence-electron chi connectivity index (χ2n) is 3.11. The van der Waals surface area contributed by atoms with E-state index in [1.165, 1.54) is 0 Å². The van der Waals surface area contributed by atoms with Gasteiger partial charge in [-0.3, -0.25) is 9.59 Å². The zero-order chi connectivity index (χ0) is 12.1. The van der Waals surface area contributed by atoms with Crippen LogP contribution < -0.4 is 5.32 Å². The average Bonchev–Trinajstić information content (AvgIpc) is 2.21. The lowest BCUT2D eigenvalue weighted by Crippen LogP contribution is -2.22. The monoisotopic (exact) mass is 305 g/mol. The summed E-state index contributed by atoms with van der Waals surface area (Å²) in [5.74, 6) is -0.981. The Morgan fingerprint density at radius 3 is 2.81 bits per heavy atom. The topological polar surface area (TPSA) is 66.4 Å². The molecule has 1 rings (SSSR count). The van der Waals surface area contributed by atoms with Crippen LogP contribution in [0, 0.1) is 0 Å². The Balaban J connectivity index is 2.95. The van der Waals surface area contributed by atoms with Crippen LogP contribution in [0.2, 0.25) is 5.02 Å². The number of aliphatic carboxylic acids is 1. The summed E-state index contributed by atoms with van der Waals surface area (Å²) in [7, 11) is 0. The Bertz CT molecular complexity index is 411. The van der Waals surface area contributed by atoms with Crippen LogP contribution in [0.15, 0.2) is 22.7 Å². The second-order valence-corrected chi connectivity index (χ2v) is 4.37. The molecule has 86 valence electrons. The van der Waals surface area contributed by atoms with Gasteiger partial charge < -0.3 is 10.4 Å². The molecule has 1 aromatic carbocycles. The number of carbonyl (C=O) groups is 2. The van der Waals surface area contributed by atoms with Crippen LogP contribution in [0.4, 0.5) is 0 Å². The highest BCUT2D eigenvalue weighted by atomic mass is 79.9. The molecule has 6 heteroatoms. The maximum Gasteiger partial charge on any atom is 0.305 e. The molecule has 0 unspecified atom stereocenters. The number of carboxylic acids is 1. The van der Waals surface area contributed by atoms with Crippen molar-refractivity contribution >= 4 is 39.9 Å². The number of carboxylic acid groups (broad SMARTS) is 1. The predicted molar refractivity (Wildman–Crippen MR) is 63.3 cm³/mol. The Morgan fingerprint density at radius 2 is 2.31 bits per heavy atom. The van der Waals surface area contributed by atoms with Gasteiger partial charge in [-0.1, -0.05) is 17.7 Å². The second kappa shape index (κ2) is 5.86. The third-order valence-corrected chi connectivity index (χ3v) is 3.21. The molecule has 0 spiro atoms. The maximum absolute atomic E-state index is 10.6. The van der Waals surface area contributed by atoms with E-state index >= 15 is 0 Å². The first-order valence-electron chi connectivity index (χ1n) is 4.41. The smallest absolute Gasteiger partial charge is 0.305 e. The molecule has 4 nitrogen and oxygen atoms in total. The van der Waals surface area contributed by atoms with Crippen molar-refractivity contribution in [3.05, 3.63) is 33.3 Å². The number of amides is 1. The van der Waals surface area contributed by atoms with Crippen molar-refractivity contribution in [3.63, 3.8) is 0 Å². The van der Waals surface area contributed by atoms with E-state index in [4.69, 9.17) is 16.7 Å². The summed E-state index contributed by atoms with van der Waals surface area (Å²) in [6.45, 7) is 0. The molecule has 0 aromatic heterocycles. The number of hydrogen-bond donors (Lipinski definition) is 2. The molecule has 2 N–H and O–H groups in total. The predicted octanol–water partition coefficient (Wildman–Crippen LogP) is 2.36. The molecule has 1 atom stereocenters. The first kappa shape index (κ1) is 13.0. The highest BCUT2D eigenvalue weighted by Gasteiger charge is 2.15. The summed E-state index contributed by atoms with van der Waals surface area (Å²) in [4.78, 5) is 21.0. The summed E-state index contributed by atoms with van der Waals surface area (Å²) in [5, 5.41) is 11.7. The molecular formula is C10H9BrClNO3. The molecule has 1 aromatic rings. The van der Waals surface area contributed by atoms with Gasteiger partial charge in [0.2, 0.25) is 6.41 Å². The highest BCUT2D eigenvalue weighted by Crippen LogP contribution is 2.27. The fourth-order valence-corrected chi connectivity index (χ4v) is 1.77. The molecule has 16 heavy (non-hydrogen) atoms. The fraction of sp³-hybridized carbons (Fsp3) is 0.200. The zero-order valence-corrected chi connectivity index (χ0v) is 10.5. The number of rotatable bonds is 5. The van der Waals surface area contributed by atoms with Gasteiger partial charge in [-0.05, 0) is 33.6 Å². The van der Waals surface area contributed by atoms with Crippen LogP contribution in [0.1, 0.15) is 18.0 Å². The molecule has 0 radical (unpaired) electrons. The highest BCUT2D eigenvalue weighted by molar-refractivity contribution is 9.10. The SMILES string of the molecule is O=CN[C@H](CC(=O)O)c1ccc(Cl)c(Br)c1. The number of benzene rings is 1. The van der Waals surface area contributed by atoms with Crippen molar-refractivity contribution in [2.45, 2.75) is 12.5 Å². The van der Waals surface area contributed by atoms with Crippen molar-refractivity contribution in [2.24, 2.45) is 0 Å². The van der Waals surface area contributed by atoms with Crippen molar-refractivity contribution in [2.75, 3.05) is 0 Å². The van der Waals surface area contributed by atoms with Crippen LogP contribution >= 0.6 is 27.5 Å². The Labute approximate surface area is 106 Å². The molecule has 1 amide bonds. The lowest BCUT2D eigenvalue weighted by atomic mass is 10.0. The van der Waals surface area contributed by atoms with Gasteiger partial charge in [-0.25, -0.2) is 0 Å². The van der Waals surface area contributed by atoms with Crippen molar-refractivity contribution in [3.8, 4) is 0 Å². The molecule has 0 saturated heterocycles. The quantitative estimate of drug-likeness (QED) is 0.821. The van der Waals surface area contributed by atoms with E-state index in [-0.39, 0.29) is 6.42 Å². The summed E-state index contributed by atoms with van der Waals surface area (Å²) >= 11 is 9.05. The van der Waals surface area contributed by atoms with E-state index in [0.29, 0.717) is 21.5 Å². The van der Waals surface area contributed by atoms with Gasteiger partial charge in [-0.15, -0.1) is 0 Å². The first-order chi connectivity index (χ1) is 7.54. The van der Waals surface area contributed by atoms with E-state index < -0.39 is 12.0 Å². The minimum Gasteiger partial charge on any atom is -0.481 e. The van der Waals surface area contributed by atoms with Crippen molar-refractivity contribution < 1.29 is 14.7 Å². The normalized spacial score (nSPS) is 11.9. The molecule has 0 bridgehead atoms. The van der Waals surface area contributed by atoms with Crippen LogP contribution in [-0.2, 0) is 9.59 Å².